The monoisotopic (exact) mass is 298 g/mol. The molecule has 1 aromatic rings. The summed E-state index contributed by atoms with van der Waals surface area (Å²) in [5, 5.41) is 14.0. The molecule has 2 rings (SSSR count). The third kappa shape index (κ3) is 3.93. The Bertz CT molecular complexity index is 609. The van der Waals surface area contributed by atoms with Crippen molar-refractivity contribution in [2.45, 2.75) is 30.6 Å². The zero-order chi connectivity index (χ0) is 14.8. The summed E-state index contributed by atoms with van der Waals surface area (Å²) in [7, 11) is -3.44. The lowest BCUT2D eigenvalue weighted by Gasteiger charge is -2.08. The summed E-state index contributed by atoms with van der Waals surface area (Å²) >= 11 is 0. The van der Waals surface area contributed by atoms with Crippen LogP contribution in [0.3, 0.4) is 0 Å². The van der Waals surface area contributed by atoms with Gasteiger partial charge in [-0.3, -0.25) is 10.1 Å². The Labute approximate surface area is 118 Å². The van der Waals surface area contributed by atoms with Crippen LogP contribution in [0.2, 0.25) is 0 Å². The summed E-state index contributed by atoms with van der Waals surface area (Å²) in [6.45, 7) is 0.662. The van der Waals surface area contributed by atoms with Crippen LogP contribution in [0, 0.1) is 16.0 Å². The SMILES string of the molecule is CS(=O)(=O)c1ccc(NCCCC2CC2)c([N+](=O)[O-])c1. The van der Waals surface area contributed by atoms with Gasteiger partial charge in [-0.05, 0) is 30.9 Å². The van der Waals surface area contributed by atoms with Gasteiger partial charge >= 0.3 is 0 Å². The fourth-order valence-corrected chi connectivity index (χ4v) is 2.70. The highest BCUT2D eigenvalue weighted by Gasteiger charge is 2.21. The lowest BCUT2D eigenvalue weighted by atomic mass is 10.2. The van der Waals surface area contributed by atoms with E-state index in [9.17, 15) is 18.5 Å². The maximum Gasteiger partial charge on any atom is 0.293 e. The molecule has 6 nitrogen and oxygen atoms in total. The molecule has 0 spiro atoms. The van der Waals surface area contributed by atoms with E-state index in [0.717, 1.165) is 31.1 Å². The minimum Gasteiger partial charge on any atom is -0.379 e. The molecule has 1 aliphatic rings. The number of nitro benzene ring substituents is 1. The van der Waals surface area contributed by atoms with Gasteiger partial charge in [0.05, 0.1) is 9.82 Å². The molecule has 0 saturated heterocycles. The van der Waals surface area contributed by atoms with Crippen molar-refractivity contribution in [1.82, 2.24) is 0 Å². The van der Waals surface area contributed by atoms with Crippen LogP contribution in [0.5, 0.6) is 0 Å². The number of nitro groups is 1. The van der Waals surface area contributed by atoms with Crippen LogP contribution in [-0.2, 0) is 9.84 Å². The highest BCUT2D eigenvalue weighted by molar-refractivity contribution is 7.90. The molecule has 1 saturated carbocycles. The van der Waals surface area contributed by atoms with Crippen LogP contribution >= 0.6 is 0 Å². The van der Waals surface area contributed by atoms with E-state index in [0.29, 0.717) is 12.2 Å². The van der Waals surface area contributed by atoms with Crippen LogP contribution in [-0.4, -0.2) is 26.1 Å². The Hall–Kier alpha value is -1.63. The first-order chi connectivity index (χ1) is 9.38. The van der Waals surface area contributed by atoms with E-state index in [1.165, 1.54) is 25.0 Å². The van der Waals surface area contributed by atoms with E-state index in [1.54, 1.807) is 0 Å². The minimum atomic E-state index is -3.44. The Morgan fingerprint density at radius 2 is 2.10 bits per heavy atom. The van der Waals surface area contributed by atoms with Crippen molar-refractivity contribution in [3.8, 4) is 0 Å². The zero-order valence-electron chi connectivity index (χ0n) is 11.3. The van der Waals surface area contributed by atoms with Gasteiger partial charge in [0.25, 0.3) is 5.69 Å². The van der Waals surface area contributed by atoms with Crippen molar-refractivity contribution in [3.63, 3.8) is 0 Å². The molecule has 7 heteroatoms. The smallest absolute Gasteiger partial charge is 0.293 e. The number of sulfone groups is 1. The number of rotatable bonds is 7. The molecule has 110 valence electrons. The topological polar surface area (TPSA) is 89.3 Å². The average molecular weight is 298 g/mol. The van der Waals surface area contributed by atoms with Gasteiger partial charge in [-0.1, -0.05) is 12.8 Å². The summed E-state index contributed by atoms with van der Waals surface area (Å²) in [4.78, 5) is 10.4. The van der Waals surface area contributed by atoms with Gasteiger partial charge < -0.3 is 5.32 Å². The molecule has 0 aromatic heterocycles. The van der Waals surface area contributed by atoms with Crippen LogP contribution in [0.15, 0.2) is 23.1 Å². The highest BCUT2D eigenvalue weighted by Crippen LogP contribution is 2.33. The normalized spacial score (nSPS) is 15.1. The fraction of sp³-hybridized carbons (Fsp3) is 0.538. The Kier molecular flexibility index (Phi) is 4.27. The fourth-order valence-electron chi connectivity index (χ4n) is 2.06. The summed E-state index contributed by atoms with van der Waals surface area (Å²) in [6, 6.07) is 3.97. The molecule has 1 fully saturated rings. The average Bonchev–Trinajstić information content (AvgIpc) is 3.17. The maximum absolute atomic E-state index is 11.4. The van der Waals surface area contributed by atoms with Gasteiger partial charge in [0.15, 0.2) is 9.84 Å². The summed E-state index contributed by atoms with van der Waals surface area (Å²) in [5.74, 6) is 0.833. The lowest BCUT2D eigenvalue weighted by molar-refractivity contribution is -0.384. The molecule has 0 aliphatic heterocycles. The molecule has 0 atom stereocenters. The highest BCUT2D eigenvalue weighted by atomic mass is 32.2. The minimum absolute atomic E-state index is 0.0345. The van der Waals surface area contributed by atoms with Crippen molar-refractivity contribution >= 4 is 21.2 Å². The van der Waals surface area contributed by atoms with Crippen LogP contribution < -0.4 is 5.32 Å². The number of hydrogen-bond acceptors (Lipinski definition) is 5. The Morgan fingerprint density at radius 1 is 1.40 bits per heavy atom. The number of benzene rings is 1. The van der Waals surface area contributed by atoms with E-state index in [2.05, 4.69) is 5.32 Å². The first kappa shape index (κ1) is 14.8. The van der Waals surface area contributed by atoms with Gasteiger partial charge in [-0.15, -0.1) is 0 Å². The molecule has 0 heterocycles. The van der Waals surface area contributed by atoms with Crippen LogP contribution in [0.1, 0.15) is 25.7 Å². The van der Waals surface area contributed by atoms with E-state index in [4.69, 9.17) is 0 Å². The zero-order valence-corrected chi connectivity index (χ0v) is 12.1. The van der Waals surface area contributed by atoms with Gasteiger partial charge in [-0.2, -0.15) is 0 Å². The first-order valence-electron chi connectivity index (χ1n) is 6.60. The van der Waals surface area contributed by atoms with E-state index >= 15 is 0 Å². The molecule has 1 N–H and O–H groups in total. The lowest BCUT2D eigenvalue weighted by Crippen LogP contribution is -2.06. The summed E-state index contributed by atoms with van der Waals surface area (Å²) < 4.78 is 22.8. The standard InChI is InChI=1S/C13H18N2O4S/c1-20(18,19)11-6-7-12(13(9-11)15(16)17)14-8-2-3-10-4-5-10/h6-7,9-10,14H,2-5,8H2,1H3. The van der Waals surface area contributed by atoms with E-state index < -0.39 is 14.8 Å². The second-order valence-electron chi connectivity index (χ2n) is 5.22. The van der Waals surface area contributed by atoms with Crippen molar-refractivity contribution in [3.05, 3.63) is 28.3 Å². The quantitative estimate of drug-likeness (QED) is 0.475. The third-order valence-electron chi connectivity index (χ3n) is 3.40. The van der Waals surface area contributed by atoms with E-state index in [1.807, 2.05) is 0 Å². The molecule has 0 amide bonds. The molecular weight excluding hydrogens is 280 g/mol. The van der Waals surface area contributed by atoms with Crippen LogP contribution in [0.4, 0.5) is 11.4 Å². The van der Waals surface area contributed by atoms with E-state index in [-0.39, 0.29) is 10.6 Å². The molecule has 20 heavy (non-hydrogen) atoms. The van der Waals surface area contributed by atoms with Gasteiger partial charge in [0.2, 0.25) is 0 Å². The second-order valence-corrected chi connectivity index (χ2v) is 7.24. The summed E-state index contributed by atoms with van der Waals surface area (Å²) in [5.41, 5.74) is 0.178. The second kappa shape index (κ2) is 5.78. The van der Waals surface area contributed by atoms with Gasteiger partial charge in [0.1, 0.15) is 5.69 Å². The largest absolute Gasteiger partial charge is 0.379 e. The number of anilines is 1. The molecule has 0 radical (unpaired) electrons. The molecular formula is C13H18N2O4S. The predicted octanol–water partition coefficient (Wildman–Crippen LogP) is 2.60. The Balaban J connectivity index is 2.08. The Morgan fingerprint density at radius 3 is 2.65 bits per heavy atom. The maximum atomic E-state index is 11.4. The molecule has 0 bridgehead atoms. The van der Waals surface area contributed by atoms with Crippen molar-refractivity contribution < 1.29 is 13.3 Å². The van der Waals surface area contributed by atoms with Crippen molar-refractivity contribution in [2.75, 3.05) is 18.1 Å². The third-order valence-corrected chi connectivity index (χ3v) is 4.51. The van der Waals surface area contributed by atoms with Crippen molar-refractivity contribution in [1.29, 1.82) is 0 Å². The van der Waals surface area contributed by atoms with Gasteiger partial charge in [0, 0.05) is 18.9 Å². The first-order valence-corrected chi connectivity index (χ1v) is 8.49. The molecule has 1 aliphatic carbocycles. The number of nitrogens with zero attached hydrogens (tertiary/aromatic N) is 1. The predicted molar refractivity (Wildman–Crippen MR) is 76.7 cm³/mol. The number of hydrogen-bond donors (Lipinski definition) is 1. The van der Waals surface area contributed by atoms with Gasteiger partial charge in [-0.25, -0.2) is 8.42 Å². The summed E-state index contributed by atoms with van der Waals surface area (Å²) in [6.07, 6.45) is 5.74. The molecule has 1 aromatic carbocycles. The van der Waals surface area contributed by atoms with Crippen molar-refractivity contribution in [2.24, 2.45) is 5.92 Å². The number of nitrogens with one attached hydrogen (secondary N) is 1. The van der Waals surface area contributed by atoms with Crippen LogP contribution in [0.25, 0.3) is 0 Å². The molecule has 0 unspecified atom stereocenters.